The molecular weight excluding hydrogens is 150 g/mol. The minimum Gasteiger partial charge on any atom is -0.337 e. The number of nitrogens with zero attached hydrogens (tertiary/aromatic N) is 1. The van der Waals surface area contributed by atoms with Crippen molar-refractivity contribution in [1.29, 1.82) is 0 Å². The summed E-state index contributed by atoms with van der Waals surface area (Å²) in [5.41, 5.74) is 0. The molecule has 0 spiro atoms. The summed E-state index contributed by atoms with van der Waals surface area (Å²) in [7, 11) is 0. The number of hydrogen-bond acceptors (Lipinski definition) is 1. The molecule has 1 saturated heterocycles. The monoisotopic (exact) mass is 167 g/mol. The molecular formula is C10H17NO. The fraction of sp³-hybridized carbons (Fsp3) is 0.900. The van der Waals surface area contributed by atoms with Crippen LogP contribution in [0, 0.1) is 11.8 Å². The lowest BCUT2D eigenvalue weighted by molar-refractivity contribution is -0.144. The molecule has 4 atom stereocenters. The van der Waals surface area contributed by atoms with Crippen LogP contribution in [-0.4, -0.2) is 22.9 Å². The molecule has 1 aliphatic heterocycles. The third-order valence-corrected chi connectivity index (χ3v) is 3.31. The Kier molecular flexibility index (Phi) is 1.67. The third kappa shape index (κ3) is 1.05. The second kappa shape index (κ2) is 2.48. The fourth-order valence-corrected chi connectivity index (χ4v) is 2.31. The molecule has 1 heterocycles. The smallest absolute Gasteiger partial charge is 0.226 e. The van der Waals surface area contributed by atoms with E-state index in [9.17, 15) is 4.79 Å². The maximum absolute atomic E-state index is 11.7. The summed E-state index contributed by atoms with van der Waals surface area (Å²) in [5, 5.41) is 0. The van der Waals surface area contributed by atoms with E-state index < -0.39 is 0 Å². The zero-order valence-corrected chi connectivity index (χ0v) is 8.08. The molecule has 12 heavy (non-hydrogen) atoms. The molecule has 0 radical (unpaired) electrons. The van der Waals surface area contributed by atoms with E-state index in [1.165, 1.54) is 6.42 Å². The van der Waals surface area contributed by atoms with Crippen LogP contribution in [0.15, 0.2) is 0 Å². The van der Waals surface area contributed by atoms with Gasteiger partial charge in [-0.05, 0) is 32.6 Å². The van der Waals surface area contributed by atoms with E-state index in [0.29, 0.717) is 29.8 Å². The molecule has 2 nitrogen and oxygen atoms in total. The largest absolute Gasteiger partial charge is 0.337 e. The predicted octanol–water partition coefficient (Wildman–Crippen LogP) is 1.65. The van der Waals surface area contributed by atoms with Gasteiger partial charge >= 0.3 is 0 Å². The lowest BCUT2D eigenvalue weighted by Crippen LogP contribution is -2.56. The Bertz CT molecular complexity index is 206. The lowest BCUT2D eigenvalue weighted by atomic mass is 9.95. The SMILES string of the molecule is CC1CC(C)N1C(=O)[C@@H]1C[C@H]1C. The van der Waals surface area contributed by atoms with E-state index in [0.717, 1.165) is 6.42 Å². The topological polar surface area (TPSA) is 20.3 Å². The van der Waals surface area contributed by atoms with Crippen molar-refractivity contribution in [3.63, 3.8) is 0 Å². The zero-order chi connectivity index (χ0) is 8.88. The quantitative estimate of drug-likeness (QED) is 0.581. The maximum Gasteiger partial charge on any atom is 0.226 e. The predicted molar refractivity (Wildman–Crippen MR) is 47.7 cm³/mol. The summed E-state index contributed by atoms with van der Waals surface area (Å²) < 4.78 is 0. The van der Waals surface area contributed by atoms with Gasteiger partial charge in [-0.25, -0.2) is 0 Å². The van der Waals surface area contributed by atoms with Crippen molar-refractivity contribution in [1.82, 2.24) is 4.90 Å². The molecule has 1 aliphatic carbocycles. The molecule has 68 valence electrons. The third-order valence-electron chi connectivity index (χ3n) is 3.31. The first kappa shape index (κ1) is 8.09. The molecule has 0 aromatic rings. The first-order valence-electron chi connectivity index (χ1n) is 4.93. The van der Waals surface area contributed by atoms with Crippen LogP contribution in [0.4, 0.5) is 0 Å². The Balaban J connectivity index is 1.95. The standard InChI is InChI=1S/C10H17NO/c1-6-4-9(6)10(12)11-7(2)5-8(11)3/h6-9H,4-5H2,1-3H3/t6-,7?,8?,9-/m1/s1. The molecule has 1 saturated carbocycles. The molecule has 2 fully saturated rings. The summed E-state index contributed by atoms with van der Waals surface area (Å²) in [5.74, 6) is 1.43. The van der Waals surface area contributed by atoms with Gasteiger partial charge in [-0.2, -0.15) is 0 Å². The summed E-state index contributed by atoms with van der Waals surface area (Å²) in [6.07, 6.45) is 2.31. The van der Waals surface area contributed by atoms with Crippen molar-refractivity contribution in [2.45, 2.75) is 45.7 Å². The van der Waals surface area contributed by atoms with Crippen molar-refractivity contribution < 1.29 is 4.79 Å². The van der Waals surface area contributed by atoms with Crippen molar-refractivity contribution in [3.8, 4) is 0 Å². The highest BCUT2D eigenvalue weighted by Crippen LogP contribution is 2.42. The van der Waals surface area contributed by atoms with Gasteiger partial charge in [0.1, 0.15) is 0 Å². The van der Waals surface area contributed by atoms with Gasteiger partial charge in [0, 0.05) is 18.0 Å². The average Bonchev–Trinajstić information content (AvgIpc) is 2.66. The van der Waals surface area contributed by atoms with Crippen LogP contribution in [-0.2, 0) is 4.79 Å². The number of rotatable bonds is 1. The van der Waals surface area contributed by atoms with Gasteiger partial charge in [0.25, 0.3) is 0 Å². The van der Waals surface area contributed by atoms with E-state index in [2.05, 4.69) is 25.7 Å². The number of carbonyl (C=O) groups excluding carboxylic acids is 1. The number of carbonyl (C=O) groups is 1. The van der Waals surface area contributed by atoms with Crippen LogP contribution < -0.4 is 0 Å². The highest BCUT2D eigenvalue weighted by molar-refractivity contribution is 5.82. The Labute approximate surface area is 73.9 Å². The van der Waals surface area contributed by atoms with Crippen molar-refractivity contribution in [2.24, 2.45) is 11.8 Å². The highest BCUT2D eigenvalue weighted by Gasteiger charge is 2.46. The van der Waals surface area contributed by atoms with Crippen LogP contribution in [0.3, 0.4) is 0 Å². The van der Waals surface area contributed by atoms with Crippen LogP contribution in [0.5, 0.6) is 0 Å². The molecule has 2 rings (SSSR count). The summed E-state index contributed by atoms with van der Waals surface area (Å²) >= 11 is 0. The fourth-order valence-electron chi connectivity index (χ4n) is 2.31. The zero-order valence-electron chi connectivity index (χ0n) is 8.08. The molecule has 0 aromatic heterocycles. The highest BCUT2D eigenvalue weighted by atomic mass is 16.2. The molecule has 1 amide bonds. The van der Waals surface area contributed by atoms with Crippen molar-refractivity contribution in [3.05, 3.63) is 0 Å². The minimum absolute atomic E-state index is 0.371. The van der Waals surface area contributed by atoms with Gasteiger partial charge in [-0.1, -0.05) is 6.92 Å². The van der Waals surface area contributed by atoms with E-state index in [1.807, 2.05) is 0 Å². The molecule has 2 unspecified atom stereocenters. The molecule has 0 N–H and O–H groups in total. The molecule has 0 bridgehead atoms. The van der Waals surface area contributed by atoms with E-state index >= 15 is 0 Å². The summed E-state index contributed by atoms with van der Waals surface area (Å²) in [6.45, 7) is 6.45. The van der Waals surface area contributed by atoms with E-state index in [4.69, 9.17) is 0 Å². The van der Waals surface area contributed by atoms with E-state index in [-0.39, 0.29) is 0 Å². The maximum atomic E-state index is 11.7. The van der Waals surface area contributed by atoms with Gasteiger partial charge in [0.2, 0.25) is 5.91 Å². The first-order chi connectivity index (χ1) is 5.61. The molecule has 2 aliphatic rings. The first-order valence-corrected chi connectivity index (χ1v) is 4.93. The van der Waals surface area contributed by atoms with Crippen LogP contribution in [0.2, 0.25) is 0 Å². The van der Waals surface area contributed by atoms with Gasteiger partial charge in [0.05, 0.1) is 0 Å². The van der Waals surface area contributed by atoms with Crippen LogP contribution >= 0.6 is 0 Å². The Hall–Kier alpha value is -0.530. The lowest BCUT2D eigenvalue weighted by Gasteiger charge is -2.45. The normalized spacial score (nSPS) is 45.4. The van der Waals surface area contributed by atoms with Gasteiger partial charge in [0.15, 0.2) is 0 Å². The second-order valence-electron chi connectivity index (χ2n) is 4.50. The van der Waals surface area contributed by atoms with Crippen LogP contribution in [0.1, 0.15) is 33.6 Å². The number of hydrogen-bond donors (Lipinski definition) is 0. The molecule has 0 aromatic carbocycles. The average molecular weight is 167 g/mol. The van der Waals surface area contributed by atoms with Gasteiger partial charge in [-0.3, -0.25) is 4.79 Å². The Morgan fingerprint density at radius 2 is 1.67 bits per heavy atom. The number of likely N-dealkylation sites (tertiary alicyclic amines) is 1. The Morgan fingerprint density at radius 1 is 1.17 bits per heavy atom. The van der Waals surface area contributed by atoms with Crippen LogP contribution in [0.25, 0.3) is 0 Å². The Morgan fingerprint density at radius 3 is 2.00 bits per heavy atom. The van der Waals surface area contributed by atoms with Crippen molar-refractivity contribution >= 4 is 5.91 Å². The summed E-state index contributed by atoms with van der Waals surface area (Å²) in [6, 6.07) is 1.00. The molecule has 2 heteroatoms. The second-order valence-corrected chi connectivity index (χ2v) is 4.50. The van der Waals surface area contributed by atoms with E-state index in [1.54, 1.807) is 0 Å². The van der Waals surface area contributed by atoms with Crippen molar-refractivity contribution in [2.75, 3.05) is 0 Å². The summed E-state index contributed by atoms with van der Waals surface area (Å²) in [4.78, 5) is 13.8. The van der Waals surface area contributed by atoms with Gasteiger partial charge < -0.3 is 4.90 Å². The van der Waals surface area contributed by atoms with Gasteiger partial charge in [-0.15, -0.1) is 0 Å². The minimum atomic E-state index is 0.371. The number of amides is 1.